The van der Waals surface area contributed by atoms with Crippen LogP contribution >= 0.6 is 22.9 Å². The summed E-state index contributed by atoms with van der Waals surface area (Å²) in [5.41, 5.74) is 2.35. The molecule has 0 fully saturated rings. The van der Waals surface area contributed by atoms with E-state index < -0.39 is 0 Å². The van der Waals surface area contributed by atoms with Crippen LogP contribution in [-0.2, 0) is 0 Å². The molecule has 2 aromatic heterocycles. The molecule has 2 aromatic rings. The fourth-order valence-electron chi connectivity index (χ4n) is 2.23. The van der Waals surface area contributed by atoms with E-state index in [1.807, 2.05) is 4.68 Å². The van der Waals surface area contributed by atoms with Gasteiger partial charge in [0.2, 0.25) is 0 Å². The van der Waals surface area contributed by atoms with Gasteiger partial charge in [0.25, 0.3) is 0 Å². The topological polar surface area (TPSA) is 29.9 Å². The lowest BCUT2D eigenvalue weighted by molar-refractivity contribution is 0.478. The summed E-state index contributed by atoms with van der Waals surface area (Å²) in [6.07, 6.45) is 1.74. The molecule has 0 saturated carbocycles. The number of halogens is 1. The van der Waals surface area contributed by atoms with E-state index in [1.165, 1.54) is 10.4 Å². The third kappa shape index (κ3) is 2.86. The Hall–Kier alpha value is -0.840. The van der Waals surface area contributed by atoms with Crippen LogP contribution in [0, 0.1) is 6.92 Å². The van der Waals surface area contributed by atoms with Gasteiger partial charge in [0.15, 0.2) is 0 Å². The van der Waals surface area contributed by atoms with Crippen molar-refractivity contribution >= 4 is 22.9 Å². The van der Waals surface area contributed by atoms with E-state index in [1.54, 1.807) is 17.5 Å². The van der Waals surface area contributed by atoms with Crippen LogP contribution in [0.2, 0.25) is 5.02 Å². The summed E-state index contributed by atoms with van der Waals surface area (Å²) in [5.74, 6) is 0. The van der Waals surface area contributed by atoms with Crippen molar-refractivity contribution in [3.05, 3.63) is 38.8 Å². The van der Waals surface area contributed by atoms with Gasteiger partial charge in [-0.05, 0) is 44.3 Å². The molecule has 1 unspecified atom stereocenters. The molecule has 0 spiro atoms. The lowest BCUT2D eigenvalue weighted by Gasteiger charge is -2.21. The monoisotopic (exact) mass is 297 g/mol. The van der Waals surface area contributed by atoms with Crippen LogP contribution in [0.5, 0.6) is 0 Å². The highest BCUT2D eigenvalue weighted by Crippen LogP contribution is 2.34. The third-order valence-electron chi connectivity index (χ3n) is 3.12. The van der Waals surface area contributed by atoms with Gasteiger partial charge in [0.05, 0.1) is 23.0 Å². The van der Waals surface area contributed by atoms with E-state index in [4.69, 9.17) is 11.6 Å². The number of nitrogens with one attached hydrogen (secondary N) is 1. The molecular weight excluding hydrogens is 278 g/mol. The van der Waals surface area contributed by atoms with Crippen molar-refractivity contribution < 1.29 is 0 Å². The van der Waals surface area contributed by atoms with E-state index in [0.29, 0.717) is 6.04 Å². The van der Waals surface area contributed by atoms with Crippen molar-refractivity contribution in [2.75, 3.05) is 6.54 Å². The van der Waals surface area contributed by atoms with Crippen LogP contribution < -0.4 is 5.32 Å². The zero-order chi connectivity index (χ0) is 14.0. The van der Waals surface area contributed by atoms with Gasteiger partial charge in [-0.3, -0.25) is 4.68 Å². The van der Waals surface area contributed by atoms with Crippen molar-refractivity contribution in [2.24, 2.45) is 0 Å². The van der Waals surface area contributed by atoms with Gasteiger partial charge >= 0.3 is 0 Å². The normalized spacial score (nSPS) is 13.2. The Kier molecular flexibility index (Phi) is 4.66. The molecule has 0 aromatic carbocycles. The smallest absolute Gasteiger partial charge is 0.0859 e. The molecule has 3 nitrogen and oxygen atoms in total. The zero-order valence-electron chi connectivity index (χ0n) is 11.8. The molecule has 0 aliphatic carbocycles. The molecule has 5 heteroatoms. The van der Waals surface area contributed by atoms with Crippen molar-refractivity contribution in [3.63, 3.8) is 0 Å². The first-order chi connectivity index (χ1) is 9.06. The summed E-state index contributed by atoms with van der Waals surface area (Å²) in [6, 6.07) is 2.56. The summed E-state index contributed by atoms with van der Waals surface area (Å²) < 4.78 is 2.01. The Balaban J connectivity index is 2.51. The third-order valence-corrected chi connectivity index (χ3v) is 4.50. The SMILES string of the molecule is CCNC(c1sccc1C)c1c(Cl)cnn1C(C)C. The zero-order valence-corrected chi connectivity index (χ0v) is 13.3. The van der Waals surface area contributed by atoms with Crippen LogP contribution in [0.4, 0.5) is 0 Å². The molecule has 1 atom stereocenters. The van der Waals surface area contributed by atoms with Gasteiger partial charge in [-0.25, -0.2) is 0 Å². The van der Waals surface area contributed by atoms with E-state index in [2.05, 4.69) is 49.6 Å². The maximum absolute atomic E-state index is 6.37. The summed E-state index contributed by atoms with van der Waals surface area (Å²) in [5, 5.41) is 10.8. The molecule has 0 saturated heterocycles. The number of thiophene rings is 1. The second-order valence-electron chi connectivity index (χ2n) is 4.87. The number of aryl methyl sites for hydroxylation is 1. The average molecular weight is 298 g/mol. The Bertz CT molecular complexity index is 545. The summed E-state index contributed by atoms with van der Waals surface area (Å²) in [6.45, 7) is 9.38. The number of hydrogen-bond acceptors (Lipinski definition) is 3. The summed E-state index contributed by atoms with van der Waals surface area (Å²) in [7, 11) is 0. The van der Waals surface area contributed by atoms with Gasteiger partial charge in [-0.1, -0.05) is 18.5 Å². The van der Waals surface area contributed by atoms with E-state index in [-0.39, 0.29) is 6.04 Å². The molecule has 1 N–H and O–H groups in total. The maximum atomic E-state index is 6.37. The molecule has 0 radical (unpaired) electrons. The second kappa shape index (κ2) is 6.07. The van der Waals surface area contributed by atoms with Crippen LogP contribution in [0.3, 0.4) is 0 Å². The van der Waals surface area contributed by atoms with Crippen molar-refractivity contribution in [2.45, 2.75) is 39.8 Å². The van der Waals surface area contributed by atoms with Crippen LogP contribution in [0.25, 0.3) is 0 Å². The number of rotatable bonds is 5. The molecule has 2 heterocycles. The van der Waals surface area contributed by atoms with Gasteiger partial charge < -0.3 is 5.32 Å². The predicted octanol–water partition coefficient (Wildman–Crippen LogP) is 4.19. The lowest BCUT2D eigenvalue weighted by atomic mass is 10.1. The molecule has 0 aliphatic heterocycles. The first-order valence-electron chi connectivity index (χ1n) is 6.56. The van der Waals surface area contributed by atoms with Crippen molar-refractivity contribution in [3.8, 4) is 0 Å². The predicted molar refractivity (Wildman–Crippen MR) is 82.2 cm³/mol. The Labute approximate surface area is 123 Å². The molecule has 104 valence electrons. The minimum absolute atomic E-state index is 0.113. The van der Waals surface area contributed by atoms with Gasteiger partial charge in [0.1, 0.15) is 0 Å². The quantitative estimate of drug-likeness (QED) is 0.897. The Morgan fingerprint density at radius 3 is 2.74 bits per heavy atom. The number of aromatic nitrogens is 2. The highest BCUT2D eigenvalue weighted by Gasteiger charge is 2.24. The van der Waals surface area contributed by atoms with Crippen LogP contribution in [-0.4, -0.2) is 16.3 Å². The minimum Gasteiger partial charge on any atom is -0.305 e. The molecule has 2 rings (SSSR count). The molecule has 0 aliphatic rings. The number of hydrogen-bond donors (Lipinski definition) is 1. The molecule has 0 bridgehead atoms. The summed E-state index contributed by atoms with van der Waals surface area (Å²) in [4.78, 5) is 1.31. The first-order valence-corrected chi connectivity index (χ1v) is 7.82. The minimum atomic E-state index is 0.113. The Morgan fingerprint density at radius 2 is 2.21 bits per heavy atom. The highest BCUT2D eigenvalue weighted by molar-refractivity contribution is 7.10. The Morgan fingerprint density at radius 1 is 1.47 bits per heavy atom. The fourth-order valence-corrected chi connectivity index (χ4v) is 3.47. The summed E-state index contributed by atoms with van der Waals surface area (Å²) >= 11 is 8.13. The van der Waals surface area contributed by atoms with Gasteiger partial charge in [-0.15, -0.1) is 11.3 Å². The van der Waals surface area contributed by atoms with E-state index in [9.17, 15) is 0 Å². The maximum Gasteiger partial charge on any atom is 0.0859 e. The highest BCUT2D eigenvalue weighted by atomic mass is 35.5. The fraction of sp³-hybridized carbons (Fsp3) is 0.500. The average Bonchev–Trinajstić information content (AvgIpc) is 2.93. The number of nitrogens with zero attached hydrogens (tertiary/aromatic N) is 2. The lowest BCUT2D eigenvalue weighted by Crippen LogP contribution is -2.25. The first kappa shape index (κ1) is 14.6. The standard InChI is InChI=1S/C14H20ClN3S/c1-5-16-12(14-10(4)6-7-19-14)13-11(15)8-17-18(13)9(2)3/h6-9,12,16H,5H2,1-4H3. The van der Waals surface area contributed by atoms with Crippen molar-refractivity contribution in [1.29, 1.82) is 0 Å². The molecule has 0 amide bonds. The van der Waals surface area contributed by atoms with E-state index >= 15 is 0 Å². The largest absolute Gasteiger partial charge is 0.305 e. The molecular formula is C14H20ClN3S. The second-order valence-corrected chi connectivity index (χ2v) is 6.23. The van der Waals surface area contributed by atoms with Crippen LogP contribution in [0.1, 0.15) is 49.0 Å². The van der Waals surface area contributed by atoms with Crippen LogP contribution in [0.15, 0.2) is 17.6 Å². The van der Waals surface area contributed by atoms with Crippen molar-refractivity contribution in [1.82, 2.24) is 15.1 Å². The van der Waals surface area contributed by atoms with E-state index in [0.717, 1.165) is 17.3 Å². The van der Waals surface area contributed by atoms with Gasteiger partial charge in [-0.2, -0.15) is 5.10 Å². The molecule has 19 heavy (non-hydrogen) atoms. The van der Waals surface area contributed by atoms with Gasteiger partial charge in [0, 0.05) is 10.9 Å².